The Morgan fingerprint density at radius 2 is 1.89 bits per heavy atom. The zero-order valence-electron chi connectivity index (χ0n) is 15.7. The van der Waals surface area contributed by atoms with Crippen LogP contribution in [-0.4, -0.2) is 28.9 Å². The molecule has 7 heteroatoms. The van der Waals surface area contributed by atoms with Gasteiger partial charge in [0.25, 0.3) is 5.91 Å². The number of carbonyl (C=O) groups excluding carboxylic acids is 1. The lowest BCUT2D eigenvalue weighted by atomic mass is 10.2. The van der Waals surface area contributed by atoms with E-state index >= 15 is 0 Å². The molecule has 2 N–H and O–H groups in total. The second kappa shape index (κ2) is 8.31. The van der Waals surface area contributed by atoms with Crippen molar-refractivity contribution in [2.75, 3.05) is 7.11 Å². The van der Waals surface area contributed by atoms with E-state index in [4.69, 9.17) is 4.74 Å². The zero-order valence-corrected chi connectivity index (χ0v) is 17.3. The Labute approximate surface area is 171 Å². The van der Waals surface area contributed by atoms with Crippen LogP contribution in [0.1, 0.15) is 27.3 Å². The summed E-state index contributed by atoms with van der Waals surface area (Å²) < 4.78 is 8.00. The first-order valence-electron chi connectivity index (χ1n) is 8.56. The number of aromatic hydroxyl groups is 1. The molecule has 3 rings (SSSR count). The van der Waals surface area contributed by atoms with Crippen LogP contribution in [-0.2, 0) is 0 Å². The van der Waals surface area contributed by atoms with Crippen LogP contribution in [0.4, 0.5) is 0 Å². The lowest BCUT2D eigenvalue weighted by molar-refractivity contribution is 0.0952. The molecule has 6 nitrogen and oxygen atoms in total. The number of nitrogens with zero attached hydrogens (tertiary/aromatic N) is 2. The summed E-state index contributed by atoms with van der Waals surface area (Å²) in [4.78, 5) is 12.2. The molecule has 28 heavy (non-hydrogen) atoms. The van der Waals surface area contributed by atoms with Crippen LogP contribution < -0.4 is 10.2 Å². The van der Waals surface area contributed by atoms with Crippen LogP contribution in [0.15, 0.2) is 58.1 Å². The summed E-state index contributed by atoms with van der Waals surface area (Å²) >= 11 is 3.28. The van der Waals surface area contributed by atoms with Crippen molar-refractivity contribution in [2.24, 2.45) is 5.10 Å². The van der Waals surface area contributed by atoms with Gasteiger partial charge in [-0.05, 0) is 62.4 Å². The molecular formula is C21H20BrN3O3. The molecule has 0 unspecified atom stereocenters. The van der Waals surface area contributed by atoms with Crippen molar-refractivity contribution in [3.8, 4) is 17.2 Å². The fourth-order valence-electron chi connectivity index (χ4n) is 2.96. The molecule has 0 aliphatic heterocycles. The number of hydrogen-bond acceptors (Lipinski definition) is 4. The number of aromatic nitrogens is 1. The Morgan fingerprint density at radius 3 is 2.57 bits per heavy atom. The van der Waals surface area contributed by atoms with Gasteiger partial charge in [0.1, 0.15) is 11.5 Å². The number of rotatable bonds is 5. The van der Waals surface area contributed by atoms with E-state index in [0.717, 1.165) is 28.4 Å². The van der Waals surface area contributed by atoms with Crippen molar-refractivity contribution in [3.63, 3.8) is 0 Å². The molecule has 0 saturated heterocycles. The normalized spacial score (nSPS) is 11.0. The number of ether oxygens (including phenoxy) is 1. The topological polar surface area (TPSA) is 75.8 Å². The minimum Gasteiger partial charge on any atom is -0.507 e. The molecule has 0 aliphatic carbocycles. The first-order valence-corrected chi connectivity index (χ1v) is 9.35. The van der Waals surface area contributed by atoms with Gasteiger partial charge >= 0.3 is 0 Å². The van der Waals surface area contributed by atoms with Gasteiger partial charge in [-0.25, -0.2) is 5.43 Å². The Morgan fingerprint density at radius 1 is 1.18 bits per heavy atom. The molecule has 3 aromatic rings. The predicted octanol–water partition coefficient (Wildman–Crippen LogP) is 4.33. The molecule has 2 aromatic carbocycles. The molecular weight excluding hydrogens is 422 g/mol. The van der Waals surface area contributed by atoms with Gasteiger partial charge in [-0.15, -0.1) is 0 Å². The summed E-state index contributed by atoms with van der Waals surface area (Å²) in [5.74, 6) is 0.208. The quantitative estimate of drug-likeness (QED) is 0.456. The summed E-state index contributed by atoms with van der Waals surface area (Å²) in [7, 11) is 1.64. The molecule has 0 saturated carbocycles. The van der Waals surface area contributed by atoms with Gasteiger partial charge in [0.05, 0.1) is 18.9 Å². The Hall–Kier alpha value is -3.06. The zero-order chi connectivity index (χ0) is 20.3. The van der Waals surface area contributed by atoms with E-state index in [1.165, 1.54) is 12.1 Å². The van der Waals surface area contributed by atoms with Gasteiger partial charge in [-0.3, -0.25) is 4.79 Å². The van der Waals surface area contributed by atoms with Crippen LogP contribution in [0.25, 0.3) is 5.69 Å². The number of nitrogens with one attached hydrogen (secondary N) is 1. The molecule has 0 radical (unpaired) electrons. The summed E-state index contributed by atoms with van der Waals surface area (Å²) in [6.45, 7) is 3.99. The van der Waals surface area contributed by atoms with Gasteiger partial charge in [0, 0.05) is 27.1 Å². The molecule has 144 valence electrons. The molecule has 0 spiro atoms. The number of aryl methyl sites for hydroxylation is 1. The van der Waals surface area contributed by atoms with Crippen LogP contribution in [0.2, 0.25) is 0 Å². The summed E-state index contributed by atoms with van der Waals surface area (Å²) in [6.07, 6.45) is 1.59. The van der Waals surface area contributed by atoms with E-state index in [1.807, 2.05) is 44.2 Å². The average Bonchev–Trinajstić information content (AvgIpc) is 2.97. The standard InChI is InChI=1S/C21H20BrN3O3/c1-13-10-15(14(2)25(13)17-5-7-18(28-3)8-6-17)12-23-24-21(27)19-11-16(22)4-9-20(19)26/h4-12,26H,1-3H3,(H,24,27)/b23-12-. The van der Waals surface area contributed by atoms with Crippen molar-refractivity contribution in [2.45, 2.75) is 13.8 Å². The first kappa shape index (κ1) is 19.7. The van der Waals surface area contributed by atoms with E-state index in [2.05, 4.69) is 31.0 Å². The SMILES string of the molecule is COc1ccc(-n2c(C)cc(/C=N\NC(=O)c3cc(Br)ccc3O)c2C)cc1. The van der Waals surface area contributed by atoms with E-state index < -0.39 is 5.91 Å². The van der Waals surface area contributed by atoms with Gasteiger partial charge in [0.15, 0.2) is 0 Å². The van der Waals surface area contributed by atoms with Crippen LogP contribution in [0.3, 0.4) is 0 Å². The third-order valence-electron chi connectivity index (χ3n) is 4.37. The molecule has 0 fully saturated rings. The highest BCUT2D eigenvalue weighted by atomic mass is 79.9. The van der Waals surface area contributed by atoms with Gasteiger partial charge in [0.2, 0.25) is 0 Å². The maximum Gasteiger partial charge on any atom is 0.275 e. The number of benzene rings is 2. The van der Waals surface area contributed by atoms with Gasteiger partial charge < -0.3 is 14.4 Å². The van der Waals surface area contributed by atoms with E-state index in [9.17, 15) is 9.90 Å². The smallest absolute Gasteiger partial charge is 0.275 e. The summed E-state index contributed by atoms with van der Waals surface area (Å²) in [5.41, 5.74) is 6.53. The Bertz CT molecular complexity index is 1040. The number of methoxy groups -OCH3 is 1. The number of hydrogen-bond donors (Lipinski definition) is 2. The fraction of sp³-hybridized carbons (Fsp3) is 0.143. The minimum absolute atomic E-state index is 0.103. The summed E-state index contributed by atoms with van der Waals surface area (Å²) in [5, 5.41) is 13.9. The molecule has 0 atom stereocenters. The van der Waals surface area contributed by atoms with Gasteiger partial charge in [-0.2, -0.15) is 5.10 Å². The lowest BCUT2D eigenvalue weighted by Gasteiger charge is -2.10. The number of hydrazone groups is 1. The van der Waals surface area contributed by atoms with Crippen molar-refractivity contribution < 1.29 is 14.6 Å². The third-order valence-corrected chi connectivity index (χ3v) is 4.87. The largest absolute Gasteiger partial charge is 0.507 e. The Kier molecular flexibility index (Phi) is 5.84. The van der Waals surface area contributed by atoms with E-state index in [1.54, 1.807) is 19.4 Å². The second-order valence-corrected chi connectivity index (χ2v) is 7.14. The number of carbonyl (C=O) groups is 1. The molecule has 1 amide bonds. The maximum atomic E-state index is 12.2. The fourth-order valence-corrected chi connectivity index (χ4v) is 3.32. The number of phenols is 1. The predicted molar refractivity (Wildman–Crippen MR) is 113 cm³/mol. The third kappa shape index (κ3) is 4.09. The minimum atomic E-state index is -0.487. The van der Waals surface area contributed by atoms with Crippen molar-refractivity contribution in [1.29, 1.82) is 0 Å². The van der Waals surface area contributed by atoms with Crippen molar-refractivity contribution >= 4 is 28.1 Å². The number of phenolic OH excluding ortho intramolecular Hbond substituents is 1. The van der Waals surface area contributed by atoms with Crippen molar-refractivity contribution in [3.05, 3.63) is 75.5 Å². The molecule has 0 bridgehead atoms. The highest BCUT2D eigenvalue weighted by Crippen LogP contribution is 2.23. The van der Waals surface area contributed by atoms with E-state index in [-0.39, 0.29) is 11.3 Å². The van der Waals surface area contributed by atoms with Crippen LogP contribution in [0, 0.1) is 13.8 Å². The number of amides is 1. The van der Waals surface area contributed by atoms with Crippen LogP contribution >= 0.6 is 15.9 Å². The second-order valence-electron chi connectivity index (χ2n) is 6.22. The van der Waals surface area contributed by atoms with Crippen LogP contribution in [0.5, 0.6) is 11.5 Å². The molecule has 0 aliphatic rings. The maximum absolute atomic E-state index is 12.2. The van der Waals surface area contributed by atoms with Crippen molar-refractivity contribution in [1.82, 2.24) is 9.99 Å². The highest BCUT2D eigenvalue weighted by molar-refractivity contribution is 9.10. The first-order chi connectivity index (χ1) is 13.4. The van der Waals surface area contributed by atoms with Gasteiger partial charge in [-0.1, -0.05) is 15.9 Å². The number of halogens is 1. The average molecular weight is 442 g/mol. The lowest BCUT2D eigenvalue weighted by Crippen LogP contribution is -2.17. The highest BCUT2D eigenvalue weighted by Gasteiger charge is 2.12. The monoisotopic (exact) mass is 441 g/mol. The van der Waals surface area contributed by atoms with E-state index in [0.29, 0.717) is 4.47 Å². The molecule has 1 heterocycles. The Balaban J connectivity index is 1.79. The summed E-state index contributed by atoms with van der Waals surface area (Å²) in [6, 6.07) is 14.4. The molecule has 1 aromatic heterocycles.